The fourth-order valence-corrected chi connectivity index (χ4v) is 6.68. The molecule has 1 aliphatic carbocycles. The second-order valence-electron chi connectivity index (χ2n) is 11.9. The van der Waals surface area contributed by atoms with E-state index in [4.69, 9.17) is 23.2 Å². The van der Waals surface area contributed by atoms with E-state index in [1.807, 2.05) is 53.1 Å². The molecule has 1 saturated heterocycles. The quantitative estimate of drug-likeness (QED) is 0.258. The summed E-state index contributed by atoms with van der Waals surface area (Å²) >= 11 is 12.8. The molecule has 0 unspecified atom stereocenters. The highest BCUT2D eigenvalue weighted by atomic mass is 35.5. The SMILES string of the molecule is CCN(Cc1ccc(C2=C(C(=O)N(Cc3cccc(Cl)c3Cl)C3CC3)[C@H]3CNC[C@H](C2)N3)cc1)Cc1c(F)cc(F)cc1F. The van der Waals surface area contributed by atoms with Gasteiger partial charge >= 0.3 is 0 Å². The molecule has 2 atom stereocenters. The van der Waals surface area contributed by atoms with Crippen molar-refractivity contribution in [2.45, 2.75) is 63.9 Å². The van der Waals surface area contributed by atoms with Crippen LogP contribution in [0.4, 0.5) is 13.2 Å². The number of fused-ring (bicyclic) bond motifs is 2. The maximum Gasteiger partial charge on any atom is 0.252 e. The van der Waals surface area contributed by atoms with E-state index in [9.17, 15) is 18.0 Å². The van der Waals surface area contributed by atoms with Crippen LogP contribution in [-0.2, 0) is 24.4 Å². The smallest absolute Gasteiger partial charge is 0.252 e. The fourth-order valence-electron chi connectivity index (χ4n) is 6.30. The van der Waals surface area contributed by atoms with Crippen molar-refractivity contribution in [3.8, 4) is 0 Å². The van der Waals surface area contributed by atoms with Gasteiger partial charge in [-0.2, -0.15) is 0 Å². The van der Waals surface area contributed by atoms with Crippen LogP contribution in [0.3, 0.4) is 0 Å². The lowest BCUT2D eigenvalue weighted by molar-refractivity contribution is -0.128. The Bertz CT molecular complexity index is 1550. The first kappa shape index (κ1) is 31.1. The topological polar surface area (TPSA) is 47.6 Å². The lowest BCUT2D eigenvalue weighted by atomic mass is 9.83. The molecule has 1 amide bonds. The van der Waals surface area contributed by atoms with Crippen LogP contribution in [0, 0.1) is 17.5 Å². The van der Waals surface area contributed by atoms with Crippen molar-refractivity contribution in [2.75, 3.05) is 19.6 Å². The van der Waals surface area contributed by atoms with Crippen LogP contribution < -0.4 is 10.6 Å². The minimum atomic E-state index is -0.930. The molecule has 0 radical (unpaired) electrons. The number of hydrogen-bond donors (Lipinski definition) is 2. The Kier molecular flexibility index (Phi) is 9.36. The normalized spacial score (nSPS) is 19.9. The van der Waals surface area contributed by atoms with Gasteiger partial charge in [0.25, 0.3) is 5.91 Å². The highest BCUT2D eigenvalue weighted by Gasteiger charge is 2.41. The van der Waals surface area contributed by atoms with Crippen molar-refractivity contribution < 1.29 is 18.0 Å². The number of rotatable bonds is 10. The molecule has 0 spiro atoms. The zero-order valence-corrected chi connectivity index (χ0v) is 26.0. The van der Waals surface area contributed by atoms with Crippen LogP contribution in [-0.4, -0.2) is 53.5 Å². The van der Waals surface area contributed by atoms with Gasteiger partial charge < -0.3 is 15.5 Å². The summed E-state index contributed by atoms with van der Waals surface area (Å²) in [7, 11) is 0. The van der Waals surface area contributed by atoms with Gasteiger partial charge in [0.05, 0.1) is 16.1 Å². The van der Waals surface area contributed by atoms with Gasteiger partial charge in [0.2, 0.25) is 0 Å². The summed E-state index contributed by atoms with van der Waals surface area (Å²) in [6.07, 6.45) is 2.63. The lowest BCUT2D eigenvalue weighted by Gasteiger charge is -2.41. The molecule has 2 N–H and O–H groups in total. The number of carbonyl (C=O) groups is 1. The van der Waals surface area contributed by atoms with Crippen molar-refractivity contribution in [3.05, 3.63) is 110 Å². The maximum atomic E-state index is 14.4. The molecule has 5 nitrogen and oxygen atoms in total. The average molecular weight is 644 g/mol. The van der Waals surface area contributed by atoms with E-state index in [0.717, 1.165) is 47.2 Å². The summed E-state index contributed by atoms with van der Waals surface area (Å²) in [6, 6.07) is 15.3. The molecule has 1 saturated carbocycles. The van der Waals surface area contributed by atoms with Gasteiger partial charge in [-0.25, -0.2) is 13.2 Å². The Morgan fingerprint density at radius 1 is 0.955 bits per heavy atom. The number of nitrogens with one attached hydrogen (secondary N) is 2. The second kappa shape index (κ2) is 13.2. The predicted octanol–water partition coefficient (Wildman–Crippen LogP) is 6.71. The van der Waals surface area contributed by atoms with Gasteiger partial charge in [0.15, 0.2) is 0 Å². The molecule has 2 bridgehead atoms. The van der Waals surface area contributed by atoms with E-state index >= 15 is 0 Å². The summed E-state index contributed by atoms with van der Waals surface area (Å²) in [5.74, 6) is -2.68. The number of benzene rings is 3. The van der Waals surface area contributed by atoms with Gasteiger partial charge in [-0.3, -0.25) is 9.69 Å². The van der Waals surface area contributed by atoms with Crippen LogP contribution >= 0.6 is 23.2 Å². The molecule has 3 aliphatic rings. The third-order valence-electron chi connectivity index (χ3n) is 8.79. The summed E-state index contributed by atoms with van der Waals surface area (Å²) in [5.41, 5.74) is 4.47. The average Bonchev–Trinajstić information content (AvgIpc) is 3.84. The molecular weight excluding hydrogens is 608 g/mol. The Morgan fingerprint density at radius 3 is 2.36 bits per heavy atom. The molecule has 10 heteroatoms. The molecule has 2 fully saturated rings. The first-order valence-corrected chi connectivity index (χ1v) is 15.9. The highest BCUT2D eigenvalue weighted by molar-refractivity contribution is 6.42. The van der Waals surface area contributed by atoms with E-state index in [1.165, 1.54) is 0 Å². The standard InChI is InChI=1S/C34H35Cl2F3N4O/c1-2-42(19-27-29(38)12-23(37)13-30(27)39)17-20-6-8-21(9-7-20)26-14-24-15-40-16-31(41-24)32(26)34(44)43(25-10-11-25)18-22-4-3-5-28(35)33(22)36/h3-9,12-13,24-25,31,40-41H,2,10-11,14-19H2,1H3/t24-,31+/m0/s1. The Labute approximate surface area is 266 Å². The minimum absolute atomic E-state index is 0.0165. The summed E-state index contributed by atoms with van der Waals surface area (Å²) in [4.78, 5) is 18.2. The first-order valence-electron chi connectivity index (χ1n) is 15.1. The monoisotopic (exact) mass is 642 g/mol. The Hall–Kier alpha value is -2.88. The van der Waals surface area contributed by atoms with Gasteiger partial charge in [-0.15, -0.1) is 0 Å². The van der Waals surface area contributed by atoms with Crippen LogP contribution in [0.15, 0.2) is 60.2 Å². The number of piperazine rings is 1. The molecule has 3 aromatic rings. The lowest BCUT2D eigenvalue weighted by Crippen LogP contribution is -2.60. The van der Waals surface area contributed by atoms with Crippen molar-refractivity contribution in [2.24, 2.45) is 0 Å². The molecule has 44 heavy (non-hydrogen) atoms. The van der Waals surface area contributed by atoms with Crippen LogP contribution in [0.25, 0.3) is 5.57 Å². The number of nitrogens with zero attached hydrogens (tertiary/aromatic N) is 2. The largest absolute Gasteiger partial charge is 0.331 e. The Balaban J connectivity index is 1.27. The number of amides is 1. The molecule has 3 aromatic carbocycles. The number of hydrogen-bond acceptors (Lipinski definition) is 4. The summed E-state index contributed by atoms with van der Waals surface area (Å²) in [5, 5.41) is 8.08. The van der Waals surface area contributed by atoms with E-state index in [0.29, 0.717) is 54.8 Å². The van der Waals surface area contributed by atoms with Crippen molar-refractivity contribution >= 4 is 34.7 Å². The molecule has 0 aromatic heterocycles. The van der Waals surface area contributed by atoms with Crippen molar-refractivity contribution in [3.63, 3.8) is 0 Å². The zero-order chi connectivity index (χ0) is 31.0. The van der Waals surface area contributed by atoms with E-state index in [1.54, 1.807) is 6.07 Å². The number of carbonyl (C=O) groups excluding carboxylic acids is 1. The van der Waals surface area contributed by atoms with Crippen LogP contribution in [0.5, 0.6) is 0 Å². The summed E-state index contributed by atoms with van der Waals surface area (Å²) in [6.45, 7) is 4.84. The van der Waals surface area contributed by atoms with Gasteiger partial charge in [0, 0.05) is 68.1 Å². The van der Waals surface area contributed by atoms with E-state index in [2.05, 4.69) is 10.6 Å². The van der Waals surface area contributed by atoms with E-state index in [-0.39, 0.29) is 36.1 Å². The van der Waals surface area contributed by atoms with E-state index < -0.39 is 17.5 Å². The highest BCUT2D eigenvalue weighted by Crippen LogP contribution is 2.37. The third-order valence-corrected chi connectivity index (χ3v) is 9.65. The maximum absolute atomic E-state index is 14.4. The molecule has 6 rings (SSSR count). The van der Waals surface area contributed by atoms with Crippen LogP contribution in [0.1, 0.15) is 48.4 Å². The fraction of sp³-hybridized carbons (Fsp3) is 0.382. The molecule has 232 valence electrons. The molecule has 2 heterocycles. The van der Waals surface area contributed by atoms with Gasteiger partial charge in [-0.1, -0.05) is 66.5 Å². The molecular formula is C34H35Cl2F3N4O. The van der Waals surface area contributed by atoms with Gasteiger partial charge in [0.1, 0.15) is 17.5 Å². The van der Waals surface area contributed by atoms with Crippen molar-refractivity contribution in [1.82, 2.24) is 20.4 Å². The third kappa shape index (κ3) is 6.70. The summed E-state index contributed by atoms with van der Waals surface area (Å²) < 4.78 is 42.0. The zero-order valence-electron chi connectivity index (χ0n) is 24.5. The predicted molar refractivity (Wildman–Crippen MR) is 168 cm³/mol. The Morgan fingerprint density at radius 2 is 1.68 bits per heavy atom. The molecule has 2 aliphatic heterocycles. The van der Waals surface area contributed by atoms with Crippen molar-refractivity contribution in [1.29, 1.82) is 0 Å². The number of halogens is 5. The minimum Gasteiger partial charge on any atom is -0.331 e. The van der Waals surface area contributed by atoms with Crippen LogP contribution in [0.2, 0.25) is 10.0 Å². The second-order valence-corrected chi connectivity index (χ2v) is 12.7. The van der Waals surface area contributed by atoms with Gasteiger partial charge in [-0.05, 0) is 54.1 Å². The first-order chi connectivity index (χ1) is 21.2.